The molecular weight excluding hydrogens is 621 g/mol. The summed E-state index contributed by atoms with van der Waals surface area (Å²) in [5, 5.41) is 14.1. The fourth-order valence-corrected chi connectivity index (χ4v) is 6.69. The number of thiophene rings is 1. The van der Waals surface area contributed by atoms with Crippen LogP contribution in [0.1, 0.15) is 25.0 Å². The molecule has 0 unspecified atom stereocenters. The number of aliphatic hydroxyl groups excluding tert-OH is 1. The van der Waals surface area contributed by atoms with Crippen molar-refractivity contribution in [3.8, 4) is 5.75 Å². The molecule has 10 nitrogen and oxygen atoms in total. The molecule has 0 fully saturated rings. The van der Waals surface area contributed by atoms with Gasteiger partial charge in [-0.25, -0.2) is 13.2 Å². The maximum absolute atomic E-state index is 13.4. The Kier molecular flexibility index (Phi) is 10.1. The highest BCUT2D eigenvalue weighted by Gasteiger charge is 2.33. The fraction of sp³-hybridized carbons (Fsp3) is 0.379. The number of sulfonamides is 1. The molecule has 4 rings (SSSR count). The standard InChI is InChI=1S/C29H33F3N4O6S2/c1-18-15-36(19(2)17-37)26(38)14-20-13-23(34-44(40,41)27-5-4-12-43-27)10-11-24(20)42-25(18)16-35(3)28(39)33-22-8-6-21(7-9-22)29(30,31)32/h4-13,18-19,25,34,37H,14-17H2,1-3H3,(H,33,39)/t18-,19+,25-/m1/s1. The molecule has 3 amide bonds. The van der Waals surface area contributed by atoms with Crippen LogP contribution in [0.4, 0.5) is 29.3 Å². The number of benzene rings is 2. The number of hydrogen-bond acceptors (Lipinski definition) is 7. The van der Waals surface area contributed by atoms with Crippen molar-refractivity contribution in [3.05, 3.63) is 71.1 Å². The third-order valence-corrected chi connectivity index (χ3v) is 9.97. The minimum Gasteiger partial charge on any atom is -0.488 e. The van der Waals surface area contributed by atoms with Crippen LogP contribution in [0.5, 0.6) is 5.75 Å². The van der Waals surface area contributed by atoms with Crippen LogP contribution in [0.3, 0.4) is 0 Å². The summed E-state index contributed by atoms with van der Waals surface area (Å²) in [6, 6.07) is 10.7. The van der Waals surface area contributed by atoms with E-state index in [9.17, 15) is 36.3 Å². The Labute approximate surface area is 257 Å². The Morgan fingerprint density at radius 2 is 1.86 bits per heavy atom. The van der Waals surface area contributed by atoms with E-state index >= 15 is 0 Å². The van der Waals surface area contributed by atoms with Gasteiger partial charge in [0.15, 0.2) is 0 Å². The van der Waals surface area contributed by atoms with Crippen LogP contribution >= 0.6 is 11.3 Å². The van der Waals surface area contributed by atoms with Gasteiger partial charge in [0.1, 0.15) is 16.1 Å². The molecule has 1 aromatic heterocycles. The molecule has 0 spiro atoms. The van der Waals surface area contributed by atoms with Gasteiger partial charge in [-0.3, -0.25) is 9.52 Å². The number of hydrogen-bond donors (Lipinski definition) is 3. The van der Waals surface area contributed by atoms with Gasteiger partial charge in [-0.05, 0) is 60.8 Å². The molecule has 3 atom stereocenters. The van der Waals surface area contributed by atoms with Gasteiger partial charge in [0.05, 0.1) is 31.2 Å². The number of urea groups is 1. The molecule has 0 saturated carbocycles. The van der Waals surface area contributed by atoms with Crippen molar-refractivity contribution >= 4 is 44.7 Å². The summed E-state index contributed by atoms with van der Waals surface area (Å²) in [5.41, 5.74) is -0.0246. The number of rotatable bonds is 8. The number of alkyl halides is 3. The van der Waals surface area contributed by atoms with Gasteiger partial charge in [-0.1, -0.05) is 13.0 Å². The predicted molar refractivity (Wildman–Crippen MR) is 160 cm³/mol. The number of ether oxygens (including phenoxy) is 1. The Hall–Kier alpha value is -3.82. The van der Waals surface area contributed by atoms with Crippen molar-refractivity contribution in [2.75, 3.05) is 36.8 Å². The van der Waals surface area contributed by atoms with Crippen molar-refractivity contribution in [1.29, 1.82) is 0 Å². The molecule has 0 saturated heterocycles. The fourth-order valence-electron chi connectivity index (χ4n) is 4.65. The first kappa shape index (κ1) is 33.1. The van der Waals surface area contributed by atoms with Crippen molar-refractivity contribution in [2.24, 2.45) is 5.92 Å². The van der Waals surface area contributed by atoms with E-state index in [2.05, 4.69) is 10.0 Å². The Balaban J connectivity index is 1.58. The number of fused-ring (bicyclic) bond motifs is 1. The minimum atomic E-state index is -4.50. The highest BCUT2D eigenvalue weighted by molar-refractivity contribution is 7.94. The molecule has 15 heteroatoms. The summed E-state index contributed by atoms with van der Waals surface area (Å²) in [6.45, 7) is 3.49. The van der Waals surface area contributed by atoms with Crippen molar-refractivity contribution in [3.63, 3.8) is 0 Å². The summed E-state index contributed by atoms with van der Waals surface area (Å²) in [5.74, 6) is -0.308. The lowest BCUT2D eigenvalue weighted by Gasteiger charge is -2.34. The van der Waals surface area contributed by atoms with Gasteiger partial charge in [0.25, 0.3) is 10.0 Å². The van der Waals surface area contributed by atoms with Crippen molar-refractivity contribution in [2.45, 2.75) is 42.8 Å². The number of nitrogens with one attached hydrogen (secondary N) is 2. The molecule has 0 aliphatic carbocycles. The molecule has 3 aromatic rings. The molecule has 2 aromatic carbocycles. The lowest BCUT2D eigenvalue weighted by molar-refractivity contribution is -0.137. The van der Waals surface area contributed by atoms with E-state index in [1.165, 1.54) is 35.0 Å². The van der Waals surface area contributed by atoms with Gasteiger partial charge < -0.3 is 25.0 Å². The Bertz CT molecular complexity index is 1570. The van der Waals surface area contributed by atoms with Gasteiger partial charge in [0.2, 0.25) is 5.91 Å². The lowest BCUT2D eigenvalue weighted by atomic mass is 10.0. The third-order valence-electron chi connectivity index (χ3n) is 7.19. The summed E-state index contributed by atoms with van der Waals surface area (Å²) in [7, 11) is -2.35. The second-order valence-electron chi connectivity index (χ2n) is 10.6. The monoisotopic (exact) mass is 654 g/mol. The van der Waals surface area contributed by atoms with Gasteiger partial charge >= 0.3 is 12.2 Å². The first-order chi connectivity index (χ1) is 20.7. The zero-order chi connectivity index (χ0) is 32.2. The van der Waals surface area contributed by atoms with E-state index in [0.29, 0.717) is 11.3 Å². The quantitative estimate of drug-likeness (QED) is 0.318. The normalized spacial score (nSPS) is 18.2. The number of nitrogens with zero attached hydrogens (tertiary/aromatic N) is 2. The molecule has 1 aliphatic heterocycles. The van der Waals surface area contributed by atoms with Crippen molar-refractivity contribution < 1.29 is 41.0 Å². The molecule has 3 N–H and O–H groups in total. The third kappa shape index (κ3) is 8.01. The first-order valence-electron chi connectivity index (χ1n) is 13.6. The average Bonchev–Trinajstić information content (AvgIpc) is 3.52. The Morgan fingerprint density at radius 1 is 1.18 bits per heavy atom. The number of carbonyl (C=O) groups excluding carboxylic acids is 2. The van der Waals surface area contributed by atoms with E-state index in [-0.39, 0.29) is 53.5 Å². The van der Waals surface area contributed by atoms with E-state index in [1.54, 1.807) is 24.4 Å². The van der Waals surface area contributed by atoms with E-state index in [1.807, 2.05) is 6.92 Å². The minimum absolute atomic E-state index is 0.0371. The lowest BCUT2D eigenvalue weighted by Crippen LogP contribution is -2.48. The topological polar surface area (TPSA) is 128 Å². The molecule has 44 heavy (non-hydrogen) atoms. The second-order valence-corrected chi connectivity index (χ2v) is 13.5. The predicted octanol–water partition coefficient (Wildman–Crippen LogP) is 4.88. The zero-order valence-corrected chi connectivity index (χ0v) is 25.8. The van der Waals surface area contributed by atoms with E-state index in [4.69, 9.17) is 4.74 Å². The maximum Gasteiger partial charge on any atom is 0.416 e. The summed E-state index contributed by atoms with van der Waals surface area (Å²) < 4.78 is 73.3. The molecule has 0 bridgehead atoms. The molecule has 238 valence electrons. The van der Waals surface area contributed by atoms with Crippen LogP contribution in [-0.4, -0.2) is 74.2 Å². The zero-order valence-electron chi connectivity index (χ0n) is 24.2. The largest absolute Gasteiger partial charge is 0.488 e. The number of aliphatic hydroxyl groups is 1. The highest BCUT2D eigenvalue weighted by Crippen LogP contribution is 2.32. The SMILES string of the molecule is C[C@@H]1CN([C@@H](C)CO)C(=O)Cc2cc(NS(=O)(=O)c3cccs3)ccc2O[C@@H]1CN(C)C(=O)Nc1ccc(C(F)(F)F)cc1. The number of amides is 3. The average molecular weight is 655 g/mol. The number of carbonyl (C=O) groups is 2. The van der Waals surface area contributed by atoms with Crippen LogP contribution in [0.15, 0.2) is 64.2 Å². The van der Waals surface area contributed by atoms with Gasteiger partial charge in [-0.15, -0.1) is 11.3 Å². The van der Waals surface area contributed by atoms with Crippen molar-refractivity contribution in [1.82, 2.24) is 9.80 Å². The molecular formula is C29H33F3N4O6S2. The maximum atomic E-state index is 13.4. The number of halogens is 3. The second kappa shape index (κ2) is 13.4. The summed E-state index contributed by atoms with van der Waals surface area (Å²) in [6.07, 6.45) is -5.29. The molecule has 0 radical (unpaired) electrons. The van der Waals surface area contributed by atoms with Crippen LogP contribution in [0.25, 0.3) is 0 Å². The van der Waals surface area contributed by atoms with E-state index < -0.39 is 39.9 Å². The van der Waals surface area contributed by atoms with Crippen LogP contribution in [0.2, 0.25) is 0 Å². The van der Waals surface area contributed by atoms with Crippen LogP contribution < -0.4 is 14.8 Å². The number of likely N-dealkylation sites (N-methyl/N-ethyl adjacent to an activating group) is 1. The summed E-state index contributed by atoms with van der Waals surface area (Å²) >= 11 is 1.06. The van der Waals surface area contributed by atoms with E-state index in [0.717, 1.165) is 35.6 Å². The smallest absolute Gasteiger partial charge is 0.416 e. The molecule has 1 aliphatic rings. The molecule has 2 heterocycles. The van der Waals surface area contributed by atoms with Crippen LogP contribution in [-0.2, 0) is 27.4 Å². The van der Waals surface area contributed by atoms with Gasteiger partial charge in [0, 0.05) is 36.4 Å². The van der Waals surface area contributed by atoms with Crippen LogP contribution in [0, 0.1) is 5.92 Å². The highest BCUT2D eigenvalue weighted by atomic mass is 32.2. The Morgan fingerprint density at radius 3 is 2.48 bits per heavy atom. The summed E-state index contributed by atoms with van der Waals surface area (Å²) in [4.78, 5) is 29.2. The number of anilines is 2. The first-order valence-corrected chi connectivity index (χ1v) is 16.0. The van der Waals surface area contributed by atoms with Gasteiger partial charge in [-0.2, -0.15) is 13.2 Å².